The van der Waals surface area contributed by atoms with Crippen LogP contribution in [0.4, 0.5) is 17.2 Å². The van der Waals surface area contributed by atoms with E-state index < -0.39 is 0 Å². The number of aromatic nitrogens is 1. The number of nitrogens with zero attached hydrogens (tertiary/aromatic N) is 2. The molecule has 0 saturated heterocycles. The van der Waals surface area contributed by atoms with Crippen LogP contribution < -0.4 is 30.8 Å². The van der Waals surface area contributed by atoms with E-state index in [0.717, 1.165) is 56.4 Å². The van der Waals surface area contributed by atoms with Crippen LogP contribution in [0.2, 0.25) is 0 Å². The fourth-order valence-electron chi connectivity index (χ4n) is 8.85. The lowest BCUT2D eigenvalue weighted by molar-refractivity contribution is 0.464. The van der Waals surface area contributed by atoms with Gasteiger partial charge >= 0.3 is 0 Å². The van der Waals surface area contributed by atoms with Gasteiger partial charge in [0.25, 0.3) is 6.71 Å². The van der Waals surface area contributed by atoms with Crippen molar-refractivity contribution in [3.8, 4) is 34.1 Å². The molecular formula is C46H31BN2O2. The molecule has 2 aliphatic heterocycles. The van der Waals surface area contributed by atoms with E-state index in [-0.39, 0.29) is 12.1 Å². The van der Waals surface area contributed by atoms with Crippen LogP contribution in [-0.2, 0) is 5.41 Å². The number of hydrogen-bond acceptors (Lipinski definition) is 4. The van der Waals surface area contributed by atoms with Crippen molar-refractivity contribution in [3.63, 3.8) is 0 Å². The highest BCUT2D eigenvalue weighted by Gasteiger charge is 2.44. The second-order valence-corrected chi connectivity index (χ2v) is 14.3. The van der Waals surface area contributed by atoms with E-state index in [0.29, 0.717) is 0 Å². The summed E-state index contributed by atoms with van der Waals surface area (Å²) in [4.78, 5) is 7.40. The Labute approximate surface area is 296 Å². The first-order chi connectivity index (χ1) is 25.1. The number of hydrogen-bond donors (Lipinski definition) is 0. The Morgan fingerprint density at radius 1 is 0.569 bits per heavy atom. The lowest BCUT2D eigenvalue weighted by Gasteiger charge is -2.33. The van der Waals surface area contributed by atoms with E-state index in [2.05, 4.69) is 152 Å². The number of benzene rings is 7. The molecule has 5 heteroatoms. The standard InChI is InChI=1S/C46H31BN2O2/c1-46(2)34-26-37-42(51-41-22-12-21-40-44(41)47(37)36-19-10-11-20-39(36)50-40)25-33(34)43-32-18-9-8-17-31(32)38(27-35(43)46)49(29-14-4-3-5-15-29)45-30-16-7-6-13-28(30)23-24-48-45/h3-27H,1-2H3. The molecule has 7 aromatic carbocycles. The summed E-state index contributed by atoms with van der Waals surface area (Å²) >= 11 is 0. The minimum absolute atomic E-state index is 0.0213. The Morgan fingerprint density at radius 3 is 2.10 bits per heavy atom. The van der Waals surface area contributed by atoms with E-state index in [4.69, 9.17) is 14.5 Å². The van der Waals surface area contributed by atoms with Crippen molar-refractivity contribution in [2.24, 2.45) is 0 Å². The topological polar surface area (TPSA) is 34.6 Å². The first kappa shape index (κ1) is 28.5. The Hall–Kier alpha value is -6.33. The fourth-order valence-corrected chi connectivity index (χ4v) is 8.85. The summed E-state index contributed by atoms with van der Waals surface area (Å²) in [5.74, 6) is 4.44. The smallest absolute Gasteiger partial charge is 0.260 e. The maximum Gasteiger partial charge on any atom is 0.260 e. The summed E-state index contributed by atoms with van der Waals surface area (Å²) in [6.45, 7) is 4.76. The maximum atomic E-state index is 6.78. The Kier molecular flexibility index (Phi) is 5.78. The number of anilines is 3. The summed E-state index contributed by atoms with van der Waals surface area (Å²) in [7, 11) is 0. The van der Waals surface area contributed by atoms with Crippen molar-refractivity contribution in [1.82, 2.24) is 4.98 Å². The monoisotopic (exact) mass is 654 g/mol. The molecule has 0 atom stereocenters. The van der Waals surface area contributed by atoms with Crippen molar-refractivity contribution < 1.29 is 9.47 Å². The molecule has 240 valence electrons. The molecule has 0 unspecified atom stereocenters. The second kappa shape index (κ2) is 10.3. The zero-order valence-electron chi connectivity index (χ0n) is 28.2. The predicted molar refractivity (Wildman–Crippen MR) is 209 cm³/mol. The molecule has 0 fully saturated rings. The van der Waals surface area contributed by atoms with Crippen LogP contribution >= 0.6 is 0 Å². The first-order valence-corrected chi connectivity index (χ1v) is 17.6. The average molecular weight is 655 g/mol. The first-order valence-electron chi connectivity index (χ1n) is 17.6. The molecule has 0 spiro atoms. The molecule has 11 rings (SSSR count). The Morgan fingerprint density at radius 2 is 1.25 bits per heavy atom. The Bertz CT molecular complexity index is 2750. The molecule has 51 heavy (non-hydrogen) atoms. The van der Waals surface area contributed by atoms with Gasteiger partial charge in [-0.3, -0.25) is 4.90 Å². The van der Waals surface area contributed by atoms with Gasteiger partial charge in [0, 0.05) is 33.5 Å². The van der Waals surface area contributed by atoms with Gasteiger partial charge < -0.3 is 9.47 Å². The van der Waals surface area contributed by atoms with Crippen molar-refractivity contribution in [3.05, 3.63) is 163 Å². The SMILES string of the molecule is CC1(C)c2cc3c(cc2-c2c1cc(N(c1ccccc1)c1nccc4ccccc14)c1ccccc21)Oc1cccc2c1B3c1ccccc1O2. The Balaban J connectivity index is 1.17. The molecule has 1 aliphatic carbocycles. The van der Waals surface area contributed by atoms with Gasteiger partial charge in [-0.05, 0) is 92.5 Å². The van der Waals surface area contributed by atoms with Gasteiger partial charge in [-0.15, -0.1) is 0 Å². The number of para-hydroxylation sites is 2. The number of fused-ring (bicyclic) bond motifs is 10. The van der Waals surface area contributed by atoms with Gasteiger partial charge in [-0.1, -0.05) is 111 Å². The molecule has 0 radical (unpaired) electrons. The third kappa shape index (κ3) is 3.94. The van der Waals surface area contributed by atoms with Gasteiger partial charge in [0.15, 0.2) is 0 Å². The number of pyridine rings is 1. The molecule has 0 amide bonds. The van der Waals surface area contributed by atoms with Crippen LogP contribution in [0, 0.1) is 0 Å². The van der Waals surface area contributed by atoms with Crippen LogP contribution in [0.25, 0.3) is 32.7 Å². The van der Waals surface area contributed by atoms with Gasteiger partial charge in [0.05, 0.1) is 5.69 Å². The zero-order chi connectivity index (χ0) is 33.8. The van der Waals surface area contributed by atoms with Crippen molar-refractivity contribution in [2.45, 2.75) is 19.3 Å². The minimum Gasteiger partial charge on any atom is -0.458 e. The molecule has 4 nitrogen and oxygen atoms in total. The van der Waals surface area contributed by atoms with Gasteiger partial charge in [-0.25, -0.2) is 4.98 Å². The van der Waals surface area contributed by atoms with Crippen molar-refractivity contribution in [2.75, 3.05) is 4.90 Å². The highest BCUT2D eigenvalue weighted by atomic mass is 16.5. The normalized spacial score (nSPS) is 14.1. The summed E-state index contributed by atoms with van der Waals surface area (Å²) in [6.07, 6.45) is 1.92. The van der Waals surface area contributed by atoms with Gasteiger partial charge in [0.1, 0.15) is 28.8 Å². The molecule has 3 heterocycles. The largest absolute Gasteiger partial charge is 0.458 e. The summed E-state index contributed by atoms with van der Waals surface area (Å²) in [5, 5.41) is 4.65. The summed E-state index contributed by atoms with van der Waals surface area (Å²) < 4.78 is 13.2. The third-order valence-electron chi connectivity index (χ3n) is 11.2. The third-order valence-corrected chi connectivity index (χ3v) is 11.2. The molecule has 8 aromatic rings. The predicted octanol–water partition coefficient (Wildman–Crippen LogP) is 9.89. The van der Waals surface area contributed by atoms with Crippen molar-refractivity contribution >= 4 is 61.8 Å². The van der Waals surface area contributed by atoms with Crippen LogP contribution in [-0.4, -0.2) is 11.7 Å². The summed E-state index contributed by atoms with van der Waals surface area (Å²) in [6, 6.07) is 51.8. The number of ether oxygens (including phenoxy) is 2. The molecule has 0 saturated carbocycles. The fraction of sp³-hybridized carbons (Fsp3) is 0.0652. The van der Waals surface area contributed by atoms with Crippen LogP contribution in [0.1, 0.15) is 25.0 Å². The molecule has 1 aromatic heterocycles. The van der Waals surface area contributed by atoms with E-state index in [1.807, 2.05) is 18.3 Å². The van der Waals surface area contributed by atoms with E-state index in [9.17, 15) is 0 Å². The van der Waals surface area contributed by atoms with Crippen LogP contribution in [0.5, 0.6) is 23.0 Å². The maximum absolute atomic E-state index is 6.78. The van der Waals surface area contributed by atoms with Crippen molar-refractivity contribution in [1.29, 1.82) is 0 Å². The molecular weight excluding hydrogens is 623 g/mol. The van der Waals surface area contributed by atoms with Crippen LogP contribution in [0.15, 0.2) is 152 Å². The quantitative estimate of drug-likeness (QED) is 0.178. The highest BCUT2D eigenvalue weighted by molar-refractivity contribution is 6.98. The highest BCUT2D eigenvalue weighted by Crippen LogP contribution is 2.55. The lowest BCUT2D eigenvalue weighted by atomic mass is 9.34. The molecule has 0 bridgehead atoms. The van der Waals surface area contributed by atoms with Gasteiger partial charge in [-0.2, -0.15) is 0 Å². The second-order valence-electron chi connectivity index (χ2n) is 14.3. The minimum atomic E-state index is -0.294. The molecule has 0 N–H and O–H groups in total. The zero-order valence-corrected chi connectivity index (χ0v) is 28.2. The van der Waals surface area contributed by atoms with E-state index >= 15 is 0 Å². The molecule has 3 aliphatic rings. The van der Waals surface area contributed by atoms with E-state index in [1.54, 1.807) is 0 Å². The van der Waals surface area contributed by atoms with E-state index in [1.165, 1.54) is 44.0 Å². The summed E-state index contributed by atoms with van der Waals surface area (Å²) in [5.41, 5.74) is 10.4. The number of rotatable bonds is 3. The average Bonchev–Trinajstić information content (AvgIpc) is 3.39. The van der Waals surface area contributed by atoms with Gasteiger partial charge in [0.2, 0.25) is 0 Å². The lowest BCUT2D eigenvalue weighted by Crippen LogP contribution is -2.57. The van der Waals surface area contributed by atoms with Crippen LogP contribution in [0.3, 0.4) is 0 Å².